The van der Waals surface area contributed by atoms with Crippen LogP contribution in [0.3, 0.4) is 0 Å². The van der Waals surface area contributed by atoms with E-state index in [2.05, 4.69) is 29.2 Å². The number of nitrogens with one attached hydrogen (secondary N) is 1. The van der Waals surface area contributed by atoms with E-state index in [1.807, 2.05) is 20.0 Å². The van der Waals surface area contributed by atoms with E-state index in [1.54, 1.807) is 10.9 Å². The van der Waals surface area contributed by atoms with Gasteiger partial charge < -0.3 is 5.32 Å². The molecule has 108 valence electrons. The standard InChI is InChI=1S/C15H21FN4/c1-5-17-11-7-13(16)14(18-8-11)15-12(10(3)4)9-19-20(15)6-2/h7-10,17H,5-6H2,1-4H3. The second-order valence-electron chi connectivity index (χ2n) is 5.00. The first-order valence-electron chi connectivity index (χ1n) is 7.03. The van der Waals surface area contributed by atoms with Gasteiger partial charge in [0.25, 0.3) is 0 Å². The third-order valence-electron chi connectivity index (χ3n) is 3.24. The van der Waals surface area contributed by atoms with E-state index < -0.39 is 0 Å². The third kappa shape index (κ3) is 2.66. The van der Waals surface area contributed by atoms with Crippen molar-refractivity contribution in [3.63, 3.8) is 0 Å². The summed E-state index contributed by atoms with van der Waals surface area (Å²) in [6, 6.07) is 1.49. The molecule has 0 saturated heterocycles. The van der Waals surface area contributed by atoms with E-state index >= 15 is 0 Å². The van der Waals surface area contributed by atoms with Gasteiger partial charge >= 0.3 is 0 Å². The Labute approximate surface area is 119 Å². The SMILES string of the molecule is CCNc1cnc(-c2c(C(C)C)cnn2CC)c(F)c1. The Bertz CT molecular complexity index is 590. The minimum Gasteiger partial charge on any atom is -0.384 e. The molecule has 0 bridgehead atoms. The summed E-state index contributed by atoms with van der Waals surface area (Å²) in [5.74, 6) is -0.0412. The number of rotatable bonds is 5. The predicted molar refractivity (Wildman–Crippen MR) is 79.3 cm³/mol. The van der Waals surface area contributed by atoms with Crippen LogP contribution >= 0.6 is 0 Å². The molecule has 0 aromatic carbocycles. The van der Waals surface area contributed by atoms with Gasteiger partial charge in [0.15, 0.2) is 5.82 Å². The number of halogens is 1. The van der Waals surface area contributed by atoms with Crippen molar-refractivity contribution in [1.29, 1.82) is 0 Å². The predicted octanol–water partition coefficient (Wildman–Crippen LogP) is 3.66. The lowest BCUT2D eigenvalue weighted by Gasteiger charge is -2.11. The maximum Gasteiger partial charge on any atom is 0.153 e. The van der Waals surface area contributed by atoms with Gasteiger partial charge in [-0.15, -0.1) is 0 Å². The molecule has 0 aliphatic carbocycles. The van der Waals surface area contributed by atoms with Crippen LogP contribution in [0.4, 0.5) is 10.1 Å². The minimum atomic E-state index is -0.319. The highest BCUT2D eigenvalue weighted by molar-refractivity contribution is 5.62. The van der Waals surface area contributed by atoms with E-state index in [4.69, 9.17) is 0 Å². The van der Waals surface area contributed by atoms with Crippen LogP contribution in [0.5, 0.6) is 0 Å². The van der Waals surface area contributed by atoms with Crippen molar-refractivity contribution in [1.82, 2.24) is 14.8 Å². The molecule has 4 nitrogen and oxygen atoms in total. The number of nitrogens with zero attached hydrogens (tertiary/aromatic N) is 3. The molecule has 0 aliphatic heterocycles. The van der Waals surface area contributed by atoms with E-state index in [1.165, 1.54) is 6.07 Å². The lowest BCUT2D eigenvalue weighted by atomic mass is 10.0. The largest absolute Gasteiger partial charge is 0.384 e. The van der Waals surface area contributed by atoms with Gasteiger partial charge in [0.1, 0.15) is 5.69 Å². The molecule has 2 heterocycles. The molecule has 5 heteroatoms. The molecule has 2 rings (SSSR count). The highest BCUT2D eigenvalue weighted by atomic mass is 19.1. The van der Waals surface area contributed by atoms with Gasteiger partial charge in [0, 0.05) is 24.7 Å². The quantitative estimate of drug-likeness (QED) is 0.906. The van der Waals surface area contributed by atoms with Gasteiger partial charge in [0.05, 0.1) is 23.8 Å². The molecule has 0 fully saturated rings. The van der Waals surface area contributed by atoms with E-state index in [0.717, 1.165) is 17.8 Å². The summed E-state index contributed by atoms with van der Waals surface area (Å²) < 4.78 is 16.2. The summed E-state index contributed by atoms with van der Waals surface area (Å²) in [4.78, 5) is 4.29. The summed E-state index contributed by atoms with van der Waals surface area (Å²) in [5.41, 5.74) is 2.87. The fraction of sp³-hybridized carbons (Fsp3) is 0.467. The highest BCUT2D eigenvalue weighted by Gasteiger charge is 2.19. The fourth-order valence-corrected chi connectivity index (χ4v) is 2.23. The molecule has 0 radical (unpaired) electrons. The molecular weight excluding hydrogens is 255 g/mol. The molecule has 2 aromatic heterocycles. The van der Waals surface area contributed by atoms with Crippen molar-refractivity contribution in [2.75, 3.05) is 11.9 Å². The number of anilines is 1. The Kier molecular flexibility index (Phi) is 4.37. The molecule has 0 atom stereocenters. The summed E-state index contributed by atoms with van der Waals surface area (Å²) in [5, 5.41) is 7.39. The third-order valence-corrected chi connectivity index (χ3v) is 3.24. The maximum atomic E-state index is 14.4. The van der Waals surface area contributed by atoms with Gasteiger partial charge in [-0.2, -0.15) is 5.10 Å². The van der Waals surface area contributed by atoms with Crippen LogP contribution < -0.4 is 5.32 Å². The average molecular weight is 276 g/mol. The van der Waals surface area contributed by atoms with Crippen LogP contribution in [-0.2, 0) is 6.54 Å². The van der Waals surface area contributed by atoms with E-state index in [-0.39, 0.29) is 11.7 Å². The molecule has 1 N–H and O–H groups in total. The van der Waals surface area contributed by atoms with Gasteiger partial charge in [-0.05, 0) is 19.8 Å². The summed E-state index contributed by atoms with van der Waals surface area (Å²) in [7, 11) is 0. The number of pyridine rings is 1. The molecule has 0 amide bonds. The Balaban J connectivity index is 2.53. The van der Waals surface area contributed by atoms with Gasteiger partial charge in [-0.25, -0.2) is 9.37 Å². The first-order valence-corrected chi connectivity index (χ1v) is 7.03. The number of hydrogen-bond acceptors (Lipinski definition) is 3. The Morgan fingerprint density at radius 2 is 2.05 bits per heavy atom. The average Bonchev–Trinajstić information content (AvgIpc) is 2.83. The summed E-state index contributed by atoms with van der Waals surface area (Å²) in [6.45, 7) is 9.54. The normalized spacial score (nSPS) is 11.1. The van der Waals surface area contributed by atoms with Crippen LogP contribution in [0.25, 0.3) is 11.4 Å². The minimum absolute atomic E-state index is 0.278. The van der Waals surface area contributed by atoms with Gasteiger partial charge in [-0.3, -0.25) is 4.68 Å². The molecule has 2 aromatic rings. The van der Waals surface area contributed by atoms with Crippen molar-refractivity contribution in [3.05, 3.63) is 29.8 Å². The molecular formula is C15H21FN4. The zero-order valence-electron chi connectivity index (χ0n) is 12.4. The smallest absolute Gasteiger partial charge is 0.153 e. The monoisotopic (exact) mass is 276 g/mol. The topological polar surface area (TPSA) is 42.7 Å². The zero-order valence-corrected chi connectivity index (χ0v) is 12.4. The first kappa shape index (κ1) is 14.5. The number of aryl methyl sites for hydroxylation is 1. The van der Waals surface area contributed by atoms with Gasteiger partial charge in [-0.1, -0.05) is 13.8 Å². The molecule has 0 aliphatic rings. The van der Waals surface area contributed by atoms with Crippen molar-refractivity contribution >= 4 is 5.69 Å². The Hall–Kier alpha value is -1.91. The zero-order chi connectivity index (χ0) is 14.7. The van der Waals surface area contributed by atoms with E-state index in [0.29, 0.717) is 17.9 Å². The number of hydrogen-bond donors (Lipinski definition) is 1. The maximum absolute atomic E-state index is 14.4. The summed E-state index contributed by atoms with van der Waals surface area (Å²) >= 11 is 0. The second-order valence-corrected chi connectivity index (χ2v) is 5.00. The first-order chi connectivity index (χ1) is 9.58. The van der Waals surface area contributed by atoms with Crippen LogP contribution in [0.1, 0.15) is 39.2 Å². The number of aromatic nitrogens is 3. The van der Waals surface area contributed by atoms with Crippen molar-refractivity contribution in [2.24, 2.45) is 0 Å². The van der Waals surface area contributed by atoms with Crippen LogP contribution in [0.2, 0.25) is 0 Å². The van der Waals surface area contributed by atoms with Crippen molar-refractivity contribution < 1.29 is 4.39 Å². The fourth-order valence-electron chi connectivity index (χ4n) is 2.23. The molecule has 0 unspecified atom stereocenters. The van der Waals surface area contributed by atoms with Crippen LogP contribution in [0.15, 0.2) is 18.5 Å². The van der Waals surface area contributed by atoms with Crippen LogP contribution in [0, 0.1) is 5.82 Å². The second kappa shape index (κ2) is 6.03. The Morgan fingerprint density at radius 1 is 1.30 bits per heavy atom. The molecule has 20 heavy (non-hydrogen) atoms. The van der Waals surface area contributed by atoms with Crippen molar-refractivity contribution in [3.8, 4) is 11.4 Å². The molecule has 0 spiro atoms. The Morgan fingerprint density at radius 3 is 2.60 bits per heavy atom. The highest BCUT2D eigenvalue weighted by Crippen LogP contribution is 2.30. The lowest BCUT2D eigenvalue weighted by molar-refractivity contribution is 0.614. The molecule has 0 saturated carbocycles. The van der Waals surface area contributed by atoms with Crippen molar-refractivity contribution in [2.45, 2.75) is 40.2 Å². The van der Waals surface area contributed by atoms with Gasteiger partial charge in [0.2, 0.25) is 0 Å². The summed E-state index contributed by atoms with van der Waals surface area (Å²) in [6.07, 6.45) is 3.47. The van der Waals surface area contributed by atoms with Crippen LogP contribution in [-0.4, -0.2) is 21.3 Å². The lowest BCUT2D eigenvalue weighted by Crippen LogP contribution is -2.05. The van der Waals surface area contributed by atoms with E-state index in [9.17, 15) is 4.39 Å².